The zero-order chi connectivity index (χ0) is 12.2. The summed E-state index contributed by atoms with van der Waals surface area (Å²) in [6.45, 7) is -0.442. The van der Waals surface area contributed by atoms with E-state index < -0.39 is 13.0 Å². The van der Waals surface area contributed by atoms with Crippen LogP contribution in [0.15, 0.2) is 22.7 Å². The minimum Gasteiger partial charge on any atom is -0.381 e. The van der Waals surface area contributed by atoms with Crippen molar-refractivity contribution in [3.8, 4) is 0 Å². The van der Waals surface area contributed by atoms with Gasteiger partial charge < -0.3 is 5.32 Å². The molecule has 1 rings (SSSR count). The summed E-state index contributed by atoms with van der Waals surface area (Å²) in [6.07, 6.45) is -4.59. The van der Waals surface area contributed by atoms with E-state index in [1.807, 2.05) is 0 Å². The molecule has 0 amide bonds. The highest BCUT2D eigenvalue weighted by Crippen LogP contribution is 2.25. The van der Waals surface area contributed by atoms with E-state index in [1.54, 1.807) is 18.2 Å². The number of ether oxygens (including phenoxy) is 1. The minimum atomic E-state index is -4.59. The lowest BCUT2D eigenvalue weighted by molar-refractivity contribution is -0.322. The van der Waals surface area contributed by atoms with Crippen molar-refractivity contribution < 1.29 is 17.9 Å². The molecule has 0 aliphatic carbocycles. The van der Waals surface area contributed by atoms with Crippen molar-refractivity contribution in [3.63, 3.8) is 0 Å². The first-order valence-corrected chi connectivity index (χ1v) is 5.45. The maximum atomic E-state index is 11.6. The third-order valence-corrected chi connectivity index (χ3v) is 2.43. The molecule has 16 heavy (non-hydrogen) atoms. The highest BCUT2D eigenvalue weighted by molar-refractivity contribution is 9.10. The lowest BCUT2D eigenvalue weighted by Gasteiger charge is -2.10. The van der Waals surface area contributed by atoms with Crippen LogP contribution in [-0.2, 0) is 4.74 Å². The van der Waals surface area contributed by atoms with Crippen molar-refractivity contribution >= 4 is 33.2 Å². The number of benzene rings is 1. The molecule has 1 aromatic rings. The molecule has 7 heteroatoms. The Kier molecular flexibility index (Phi) is 4.89. The van der Waals surface area contributed by atoms with Gasteiger partial charge in [0.25, 0.3) is 0 Å². The number of hydrogen-bond acceptors (Lipinski definition) is 2. The first-order chi connectivity index (χ1) is 7.38. The van der Waals surface area contributed by atoms with Crippen LogP contribution >= 0.6 is 27.5 Å². The standard InChI is InChI=1S/C9H8BrClF3NO/c10-6-1-2-7(11)8(5-6)15-3-4-16-9(12,13)14/h1-2,5,15H,3-4H2. The fraction of sp³-hybridized carbons (Fsp3) is 0.333. The molecule has 2 nitrogen and oxygen atoms in total. The summed E-state index contributed by atoms with van der Waals surface area (Å²) in [5, 5.41) is 3.18. The molecular formula is C9H8BrClF3NO. The zero-order valence-corrected chi connectivity index (χ0v) is 10.3. The van der Waals surface area contributed by atoms with E-state index in [9.17, 15) is 13.2 Å². The van der Waals surface area contributed by atoms with Crippen LogP contribution < -0.4 is 5.32 Å². The van der Waals surface area contributed by atoms with Gasteiger partial charge in [-0.1, -0.05) is 27.5 Å². The molecule has 1 aromatic carbocycles. The van der Waals surface area contributed by atoms with Crippen molar-refractivity contribution in [1.29, 1.82) is 0 Å². The second-order valence-corrected chi connectivity index (χ2v) is 4.17. The Morgan fingerprint density at radius 1 is 1.38 bits per heavy atom. The van der Waals surface area contributed by atoms with Crippen molar-refractivity contribution in [2.45, 2.75) is 6.36 Å². The van der Waals surface area contributed by atoms with E-state index in [0.717, 1.165) is 4.47 Å². The molecule has 0 atom stereocenters. The van der Waals surface area contributed by atoms with Gasteiger partial charge in [0.2, 0.25) is 0 Å². The van der Waals surface area contributed by atoms with Crippen LogP contribution in [0.3, 0.4) is 0 Å². The Morgan fingerprint density at radius 2 is 2.06 bits per heavy atom. The monoisotopic (exact) mass is 317 g/mol. The molecule has 0 heterocycles. The topological polar surface area (TPSA) is 21.3 Å². The molecule has 0 unspecified atom stereocenters. The smallest absolute Gasteiger partial charge is 0.381 e. The largest absolute Gasteiger partial charge is 0.522 e. The maximum absolute atomic E-state index is 11.6. The number of nitrogens with one attached hydrogen (secondary N) is 1. The van der Waals surface area contributed by atoms with Gasteiger partial charge in [-0.25, -0.2) is 0 Å². The molecule has 0 saturated carbocycles. The minimum absolute atomic E-state index is 0.0235. The second kappa shape index (κ2) is 5.75. The van der Waals surface area contributed by atoms with Gasteiger partial charge in [0.15, 0.2) is 0 Å². The van der Waals surface area contributed by atoms with Gasteiger partial charge in [-0.05, 0) is 18.2 Å². The number of rotatable bonds is 4. The molecule has 0 fully saturated rings. The number of hydrogen-bond donors (Lipinski definition) is 1. The van der Waals surface area contributed by atoms with Crippen LogP contribution in [0, 0.1) is 0 Å². The highest BCUT2D eigenvalue weighted by Gasteiger charge is 2.28. The summed E-state index contributed by atoms with van der Waals surface area (Å²) in [7, 11) is 0. The molecule has 1 N–H and O–H groups in total. The van der Waals surface area contributed by atoms with Crippen LogP contribution in [0.2, 0.25) is 5.02 Å². The summed E-state index contributed by atoms with van der Waals surface area (Å²) in [5.74, 6) is 0. The molecular weight excluding hydrogens is 310 g/mol. The molecule has 0 aromatic heterocycles. The van der Waals surface area contributed by atoms with Crippen molar-refractivity contribution in [2.75, 3.05) is 18.5 Å². The van der Waals surface area contributed by atoms with Gasteiger partial charge in [0.05, 0.1) is 17.3 Å². The predicted molar refractivity (Wildman–Crippen MR) is 59.6 cm³/mol. The fourth-order valence-electron chi connectivity index (χ4n) is 0.985. The molecule has 0 spiro atoms. The van der Waals surface area contributed by atoms with Gasteiger partial charge >= 0.3 is 6.36 Å². The Bertz CT molecular complexity index is 359. The van der Waals surface area contributed by atoms with Crippen molar-refractivity contribution in [1.82, 2.24) is 0 Å². The van der Waals surface area contributed by atoms with E-state index in [-0.39, 0.29) is 6.54 Å². The number of anilines is 1. The normalized spacial score (nSPS) is 11.6. The van der Waals surface area contributed by atoms with Gasteiger partial charge in [0, 0.05) is 11.0 Å². The summed E-state index contributed by atoms with van der Waals surface area (Å²) in [6, 6.07) is 5.05. The van der Waals surface area contributed by atoms with Gasteiger partial charge in [-0.15, -0.1) is 13.2 Å². The van der Waals surface area contributed by atoms with Crippen molar-refractivity contribution in [3.05, 3.63) is 27.7 Å². The third kappa shape index (κ3) is 5.05. The Hall–Kier alpha value is -0.460. The second-order valence-electron chi connectivity index (χ2n) is 2.85. The lowest BCUT2D eigenvalue weighted by Crippen LogP contribution is -2.19. The quantitative estimate of drug-likeness (QED) is 0.846. The average Bonchev–Trinajstić information content (AvgIpc) is 2.16. The summed E-state index contributed by atoms with van der Waals surface area (Å²) in [5.41, 5.74) is 0.557. The Balaban J connectivity index is 2.40. The third-order valence-electron chi connectivity index (χ3n) is 1.61. The average molecular weight is 319 g/mol. The summed E-state index contributed by atoms with van der Waals surface area (Å²) < 4.78 is 39.3. The van der Waals surface area contributed by atoms with E-state index in [2.05, 4.69) is 26.0 Å². The van der Waals surface area contributed by atoms with Crippen LogP contribution in [0.5, 0.6) is 0 Å². The molecule has 0 radical (unpaired) electrons. The molecule has 90 valence electrons. The van der Waals surface area contributed by atoms with Crippen LogP contribution in [0.25, 0.3) is 0 Å². The number of alkyl halides is 3. The first-order valence-electron chi connectivity index (χ1n) is 4.28. The lowest BCUT2D eigenvalue weighted by atomic mass is 10.3. The molecule has 0 saturated heterocycles. The Morgan fingerprint density at radius 3 is 2.69 bits per heavy atom. The molecule has 0 aliphatic rings. The zero-order valence-electron chi connectivity index (χ0n) is 7.94. The van der Waals surface area contributed by atoms with Gasteiger partial charge in [-0.3, -0.25) is 4.74 Å². The van der Waals surface area contributed by atoms with Crippen molar-refractivity contribution in [2.24, 2.45) is 0 Å². The highest BCUT2D eigenvalue weighted by atomic mass is 79.9. The van der Waals surface area contributed by atoms with Gasteiger partial charge in [0.1, 0.15) is 0 Å². The van der Waals surface area contributed by atoms with E-state index in [1.165, 1.54) is 0 Å². The summed E-state index contributed by atoms with van der Waals surface area (Å²) in [4.78, 5) is 0. The fourth-order valence-corrected chi connectivity index (χ4v) is 1.53. The Labute approximate surface area is 104 Å². The molecule has 0 bridgehead atoms. The number of halogens is 5. The van der Waals surface area contributed by atoms with E-state index in [4.69, 9.17) is 11.6 Å². The maximum Gasteiger partial charge on any atom is 0.522 e. The van der Waals surface area contributed by atoms with E-state index >= 15 is 0 Å². The van der Waals surface area contributed by atoms with E-state index in [0.29, 0.717) is 10.7 Å². The molecule has 0 aliphatic heterocycles. The SMILES string of the molecule is FC(F)(F)OCCNc1cc(Br)ccc1Cl. The van der Waals surface area contributed by atoms with Crippen LogP contribution in [0.1, 0.15) is 0 Å². The van der Waals surface area contributed by atoms with Crippen LogP contribution in [-0.4, -0.2) is 19.5 Å². The first kappa shape index (κ1) is 13.6. The van der Waals surface area contributed by atoms with Gasteiger partial charge in [-0.2, -0.15) is 0 Å². The summed E-state index contributed by atoms with van der Waals surface area (Å²) >= 11 is 9.05. The predicted octanol–water partition coefficient (Wildman–Crippen LogP) is 4.05. The van der Waals surface area contributed by atoms with Crippen LogP contribution in [0.4, 0.5) is 18.9 Å².